The van der Waals surface area contributed by atoms with Crippen LogP contribution in [0.1, 0.15) is 46.5 Å². The van der Waals surface area contributed by atoms with Crippen LogP contribution in [0.25, 0.3) is 0 Å². The Bertz CT molecular complexity index is 366. The van der Waals surface area contributed by atoms with E-state index in [1.54, 1.807) is 0 Å². The van der Waals surface area contributed by atoms with Crippen LogP contribution in [-0.2, 0) is 19.1 Å². The molecular weight excluding hydrogens is 334 g/mol. The molecule has 9 nitrogen and oxygen atoms in total. The Balaban J connectivity index is 0. The number of aliphatic hydroxyl groups excluding tert-OH is 2. The molecule has 4 N–H and O–H groups in total. The van der Waals surface area contributed by atoms with E-state index in [4.69, 9.17) is 25.2 Å². The first-order chi connectivity index (χ1) is 11.7. The number of ether oxygens (including phenoxy) is 1. The number of hydrogen-bond donors (Lipinski definition) is 4. The average Bonchev–Trinajstić information content (AvgIpc) is 2.58. The van der Waals surface area contributed by atoms with Gasteiger partial charge in [-0.15, -0.1) is 0 Å². The van der Waals surface area contributed by atoms with E-state index >= 15 is 0 Å². The van der Waals surface area contributed by atoms with Gasteiger partial charge < -0.3 is 30.1 Å². The van der Waals surface area contributed by atoms with Crippen LogP contribution in [0.15, 0.2) is 0 Å². The fraction of sp³-hybridized carbons (Fsp3) is 0.812. The van der Waals surface area contributed by atoms with Crippen LogP contribution >= 0.6 is 0 Å². The van der Waals surface area contributed by atoms with Gasteiger partial charge in [-0.25, -0.2) is 9.59 Å². The normalized spacial score (nSPS) is 12.7. The van der Waals surface area contributed by atoms with Gasteiger partial charge in [-0.05, 0) is 19.5 Å². The molecule has 148 valence electrons. The first kappa shape index (κ1) is 25.5. The molecule has 0 radical (unpaired) electrons. The van der Waals surface area contributed by atoms with E-state index in [9.17, 15) is 14.4 Å². The molecule has 2 atom stereocenters. The van der Waals surface area contributed by atoms with Crippen molar-refractivity contribution in [2.45, 2.75) is 58.7 Å². The summed E-state index contributed by atoms with van der Waals surface area (Å²) in [5, 5.41) is 32.5. The Morgan fingerprint density at radius 3 is 1.76 bits per heavy atom. The first-order valence-corrected chi connectivity index (χ1v) is 8.40. The van der Waals surface area contributed by atoms with Gasteiger partial charge >= 0.3 is 17.9 Å². The third-order valence-corrected chi connectivity index (χ3v) is 3.35. The van der Waals surface area contributed by atoms with Crippen molar-refractivity contribution in [1.82, 2.24) is 4.90 Å². The summed E-state index contributed by atoms with van der Waals surface area (Å²) >= 11 is 0. The van der Waals surface area contributed by atoms with Crippen molar-refractivity contribution in [3.8, 4) is 0 Å². The highest BCUT2D eigenvalue weighted by atomic mass is 16.5. The zero-order valence-corrected chi connectivity index (χ0v) is 15.2. The van der Waals surface area contributed by atoms with Gasteiger partial charge in [0.15, 0.2) is 12.2 Å². The number of aliphatic carboxylic acids is 2. The van der Waals surface area contributed by atoms with E-state index in [0.717, 1.165) is 38.9 Å². The minimum absolute atomic E-state index is 0.0457. The van der Waals surface area contributed by atoms with Gasteiger partial charge in [-0.2, -0.15) is 0 Å². The number of carbonyl (C=O) groups excluding carboxylic acids is 1. The number of unbranched alkanes of at least 4 members (excludes halogenated alkanes) is 2. The summed E-state index contributed by atoms with van der Waals surface area (Å²) in [6.07, 6.45) is -0.736. The lowest BCUT2D eigenvalue weighted by molar-refractivity contribution is -0.165. The van der Waals surface area contributed by atoms with E-state index < -0.39 is 24.1 Å². The number of carbonyl (C=O) groups is 3. The van der Waals surface area contributed by atoms with E-state index in [1.165, 1.54) is 0 Å². The monoisotopic (exact) mass is 365 g/mol. The molecule has 0 amide bonds. The van der Waals surface area contributed by atoms with Gasteiger partial charge in [0.05, 0.1) is 0 Å². The maximum absolute atomic E-state index is 11.2. The molecule has 0 aliphatic rings. The van der Waals surface area contributed by atoms with Gasteiger partial charge in [0.2, 0.25) is 0 Å². The largest absolute Gasteiger partial charge is 0.479 e. The van der Waals surface area contributed by atoms with E-state index in [0.29, 0.717) is 13.0 Å². The fourth-order valence-corrected chi connectivity index (χ4v) is 1.69. The zero-order valence-electron chi connectivity index (χ0n) is 15.2. The molecule has 0 fully saturated rings. The van der Waals surface area contributed by atoms with Crippen LogP contribution in [-0.4, -0.2) is 81.7 Å². The van der Waals surface area contributed by atoms with Crippen LogP contribution in [0.5, 0.6) is 0 Å². The van der Waals surface area contributed by atoms with Crippen LogP contribution < -0.4 is 0 Å². The molecule has 9 heteroatoms. The highest BCUT2D eigenvalue weighted by Crippen LogP contribution is 2.00. The van der Waals surface area contributed by atoms with E-state index in [-0.39, 0.29) is 5.97 Å². The molecule has 0 rings (SSSR count). The minimum Gasteiger partial charge on any atom is -0.479 e. The Kier molecular flexibility index (Phi) is 16.1. The molecule has 0 bridgehead atoms. The summed E-state index contributed by atoms with van der Waals surface area (Å²) in [7, 11) is 0. The summed E-state index contributed by atoms with van der Waals surface area (Å²) in [6, 6.07) is 0. The number of carboxylic acid groups (broad SMARTS) is 2. The Morgan fingerprint density at radius 1 is 0.920 bits per heavy atom. The number of esters is 1. The van der Waals surface area contributed by atoms with Crippen molar-refractivity contribution in [3.05, 3.63) is 0 Å². The van der Waals surface area contributed by atoms with Crippen LogP contribution in [0.2, 0.25) is 0 Å². The SMILES string of the molecule is CCCCCC(=O)OCCN(CC)CC.O=C(O)C(O)C(O)C(=O)O. The smallest absolute Gasteiger partial charge is 0.335 e. The maximum Gasteiger partial charge on any atom is 0.335 e. The highest BCUT2D eigenvalue weighted by molar-refractivity contribution is 5.83. The molecule has 0 saturated heterocycles. The molecule has 0 aromatic heterocycles. The third kappa shape index (κ3) is 14.3. The minimum atomic E-state index is -2.27. The molecule has 0 aliphatic carbocycles. The van der Waals surface area contributed by atoms with Gasteiger partial charge in [0.25, 0.3) is 0 Å². The number of aliphatic hydroxyl groups is 2. The summed E-state index contributed by atoms with van der Waals surface area (Å²) in [5.74, 6) is -3.58. The Morgan fingerprint density at radius 2 is 1.40 bits per heavy atom. The van der Waals surface area contributed by atoms with Crippen molar-refractivity contribution in [3.63, 3.8) is 0 Å². The van der Waals surface area contributed by atoms with Crippen LogP contribution in [0.4, 0.5) is 0 Å². The number of likely N-dealkylation sites (N-methyl/N-ethyl adjacent to an activating group) is 1. The van der Waals surface area contributed by atoms with Crippen molar-refractivity contribution in [2.24, 2.45) is 0 Å². The molecule has 0 aliphatic heterocycles. The third-order valence-electron chi connectivity index (χ3n) is 3.35. The van der Waals surface area contributed by atoms with E-state index in [1.807, 2.05) is 0 Å². The second-order valence-electron chi connectivity index (χ2n) is 5.27. The molecule has 0 heterocycles. The topological polar surface area (TPSA) is 145 Å². The number of nitrogens with zero attached hydrogens (tertiary/aromatic N) is 1. The molecule has 0 spiro atoms. The number of carboxylic acids is 2. The zero-order chi connectivity index (χ0) is 19.8. The molecule has 25 heavy (non-hydrogen) atoms. The maximum atomic E-state index is 11.2. The van der Waals surface area contributed by atoms with Crippen LogP contribution in [0, 0.1) is 0 Å². The predicted molar refractivity (Wildman–Crippen MR) is 90.2 cm³/mol. The highest BCUT2D eigenvalue weighted by Gasteiger charge is 2.29. The second kappa shape index (κ2) is 15.8. The van der Waals surface area contributed by atoms with Crippen molar-refractivity contribution in [1.29, 1.82) is 0 Å². The van der Waals surface area contributed by atoms with E-state index in [2.05, 4.69) is 25.7 Å². The molecular formula is C16H31NO8. The second-order valence-corrected chi connectivity index (χ2v) is 5.27. The van der Waals surface area contributed by atoms with Gasteiger partial charge in [0, 0.05) is 13.0 Å². The number of rotatable bonds is 12. The fourth-order valence-electron chi connectivity index (χ4n) is 1.69. The van der Waals surface area contributed by atoms with Gasteiger partial charge in [0.1, 0.15) is 6.61 Å². The van der Waals surface area contributed by atoms with Gasteiger partial charge in [-0.1, -0.05) is 33.6 Å². The standard InChI is InChI=1S/C12H25NO2.C4H6O6/c1-4-7-8-9-12(14)15-11-10-13(5-2)6-3;5-1(3(7)8)2(6)4(9)10/h4-11H2,1-3H3;1-2,5-6H,(H,7,8)(H,9,10). The molecule has 0 aromatic rings. The van der Waals surface area contributed by atoms with Crippen molar-refractivity contribution < 1.29 is 39.5 Å². The Hall–Kier alpha value is -1.71. The first-order valence-electron chi connectivity index (χ1n) is 8.40. The van der Waals surface area contributed by atoms with Crippen molar-refractivity contribution in [2.75, 3.05) is 26.2 Å². The lowest BCUT2D eigenvalue weighted by atomic mass is 10.2. The van der Waals surface area contributed by atoms with Gasteiger partial charge in [-0.3, -0.25) is 4.79 Å². The lowest BCUT2D eigenvalue weighted by Gasteiger charge is -2.17. The number of hydrogen-bond acceptors (Lipinski definition) is 7. The quantitative estimate of drug-likeness (QED) is 0.284. The average molecular weight is 365 g/mol. The summed E-state index contributed by atoms with van der Waals surface area (Å²) in [4.78, 5) is 33.0. The molecule has 0 saturated carbocycles. The summed E-state index contributed by atoms with van der Waals surface area (Å²) < 4.78 is 5.14. The summed E-state index contributed by atoms with van der Waals surface area (Å²) in [5.41, 5.74) is 0. The van der Waals surface area contributed by atoms with Crippen LogP contribution in [0.3, 0.4) is 0 Å². The van der Waals surface area contributed by atoms with Crippen molar-refractivity contribution >= 4 is 17.9 Å². The summed E-state index contributed by atoms with van der Waals surface area (Å²) in [6.45, 7) is 9.79. The molecule has 2 unspecified atom stereocenters. The molecule has 0 aromatic carbocycles. The lowest BCUT2D eigenvalue weighted by Crippen LogP contribution is -2.39. The Labute approximate surface area is 148 Å². The predicted octanol–water partition coefficient (Wildman–Crippen LogP) is 0.329.